The van der Waals surface area contributed by atoms with E-state index in [0.717, 1.165) is 48.2 Å². The minimum atomic E-state index is 0.413. The minimum absolute atomic E-state index is 0.413. The van der Waals surface area contributed by atoms with Crippen molar-refractivity contribution < 1.29 is 14.0 Å². The smallest absolute Gasteiger partial charge is 0.161 e. The van der Waals surface area contributed by atoms with Gasteiger partial charge in [-0.1, -0.05) is 11.2 Å². The second-order valence-electron chi connectivity index (χ2n) is 6.83. The van der Waals surface area contributed by atoms with Gasteiger partial charge in [0, 0.05) is 25.7 Å². The van der Waals surface area contributed by atoms with E-state index in [0.29, 0.717) is 12.6 Å². The van der Waals surface area contributed by atoms with Crippen LogP contribution >= 0.6 is 0 Å². The molecule has 0 saturated heterocycles. The summed E-state index contributed by atoms with van der Waals surface area (Å²) in [4.78, 5) is 2.32. The Bertz CT molecular complexity index is 678. The van der Waals surface area contributed by atoms with Gasteiger partial charge in [-0.15, -0.1) is 0 Å². The minimum Gasteiger partial charge on any atom is -0.493 e. The Balaban J connectivity index is 1.90. The molecule has 0 aliphatic rings. The largest absolute Gasteiger partial charge is 0.493 e. The number of rotatable bonds is 10. The van der Waals surface area contributed by atoms with Gasteiger partial charge in [-0.2, -0.15) is 0 Å². The van der Waals surface area contributed by atoms with Crippen LogP contribution in [-0.2, 0) is 13.2 Å². The molecule has 1 heterocycles. The Kier molecular flexibility index (Phi) is 7.48. The molecule has 0 atom stereocenters. The van der Waals surface area contributed by atoms with Crippen LogP contribution in [0.1, 0.15) is 36.4 Å². The number of hydrogen-bond acceptors (Lipinski definition) is 6. The molecule has 6 nitrogen and oxygen atoms in total. The zero-order chi connectivity index (χ0) is 19.1. The first-order chi connectivity index (χ1) is 12.4. The van der Waals surface area contributed by atoms with Crippen molar-refractivity contribution in [2.75, 3.05) is 27.2 Å². The lowest BCUT2D eigenvalue weighted by molar-refractivity contribution is 0.273. The van der Waals surface area contributed by atoms with Gasteiger partial charge in [0.15, 0.2) is 11.5 Å². The van der Waals surface area contributed by atoms with E-state index >= 15 is 0 Å². The van der Waals surface area contributed by atoms with Crippen molar-refractivity contribution in [2.24, 2.45) is 0 Å². The molecule has 1 aromatic heterocycles. The molecule has 0 amide bonds. The fraction of sp³-hybridized carbons (Fsp3) is 0.550. The van der Waals surface area contributed by atoms with Crippen LogP contribution in [0.2, 0.25) is 0 Å². The zero-order valence-electron chi connectivity index (χ0n) is 16.8. The molecule has 0 radical (unpaired) electrons. The standard InChI is InChI=1S/C20H31N3O3/c1-14(2)23(5)10-9-21-12-17-7-8-19(20(11-17)24-6)25-13-18-15(3)22-26-16(18)4/h7-8,11,14,21H,9-10,12-13H2,1-6H3. The number of likely N-dealkylation sites (N-methyl/N-ethyl adjacent to an activating group) is 1. The quantitative estimate of drug-likeness (QED) is 0.655. The van der Waals surface area contributed by atoms with Gasteiger partial charge in [-0.05, 0) is 52.4 Å². The zero-order valence-corrected chi connectivity index (χ0v) is 16.8. The van der Waals surface area contributed by atoms with Gasteiger partial charge in [-0.3, -0.25) is 0 Å². The van der Waals surface area contributed by atoms with Crippen LogP contribution in [0, 0.1) is 13.8 Å². The summed E-state index contributed by atoms with van der Waals surface area (Å²) in [5, 5.41) is 7.42. The number of nitrogens with zero attached hydrogens (tertiary/aromatic N) is 2. The van der Waals surface area contributed by atoms with E-state index in [1.807, 2.05) is 26.0 Å². The summed E-state index contributed by atoms with van der Waals surface area (Å²) < 4.78 is 16.6. The molecule has 1 aromatic carbocycles. The maximum absolute atomic E-state index is 5.92. The Hall–Kier alpha value is -2.05. The van der Waals surface area contributed by atoms with Gasteiger partial charge in [0.2, 0.25) is 0 Å². The second-order valence-corrected chi connectivity index (χ2v) is 6.83. The maximum atomic E-state index is 5.92. The highest BCUT2D eigenvalue weighted by molar-refractivity contribution is 5.43. The number of nitrogens with one attached hydrogen (secondary N) is 1. The normalized spacial score (nSPS) is 11.4. The molecule has 2 aromatic rings. The highest BCUT2D eigenvalue weighted by Gasteiger charge is 2.12. The summed E-state index contributed by atoms with van der Waals surface area (Å²) in [7, 11) is 3.80. The van der Waals surface area contributed by atoms with E-state index in [2.05, 4.69) is 42.3 Å². The van der Waals surface area contributed by atoms with E-state index < -0.39 is 0 Å². The molecule has 0 aliphatic carbocycles. The third kappa shape index (κ3) is 5.47. The first kappa shape index (κ1) is 20.3. The van der Waals surface area contributed by atoms with Crippen LogP contribution in [0.5, 0.6) is 11.5 Å². The molecule has 26 heavy (non-hydrogen) atoms. The predicted octanol–water partition coefficient (Wildman–Crippen LogP) is 3.31. The van der Waals surface area contributed by atoms with Gasteiger partial charge in [0.25, 0.3) is 0 Å². The molecular weight excluding hydrogens is 330 g/mol. The first-order valence-corrected chi connectivity index (χ1v) is 9.04. The lowest BCUT2D eigenvalue weighted by atomic mass is 10.2. The molecular formula is C20H31N3O3. The average molecular weight is 361 g/mol. The van der Waals surface area contributed by atoms with Crippen LogP contribution in [0.15, 0.2) is 22.7 Å². The lowest BCUT2D eigenvalue weighted by Crippen LogP contribution is -2.33. The number of aryl methyl sites for hydroxylation is 2. The maximum Gasteiger partial charge on any atom is 0.161 e. The van der Waals surface area contributed by atoms with Gasteiger partial charge in [0.1, 0.15) is 12.4 Å². The fourth-order valence-corrected chi connectivity index (χ4v) is 2.55. The Labute approximate surface area is 156 Å². The van der Waals surface area contributed by atoms with Gasteiger partial charge in [-0.25, -0.2) is 0 Å². The van der Waals surface area contributed by atoms with Gasteiger partial charge < -0.3 is 24.2 Å². The molecule has 144 valence electrons. The number of methoxy groups -OCH3 is 1. The summed E-state index contributed by atoms with van der Waals surface area (Å²) in [6.45, 7) is 11.4. The molecule has 0 spiro atoms. The molecule has 0 bridgehead atoms. The summed E-state index contributed by atoms with van der Waals surface area (Å²) in [6, 6.07) is 6.59. The van der Waals surface area contributed by atoms with Crippen molar-refractivity contribution in [3.8, 4) is 11.5 Å². The van der Waals surface area contributed by atoms with Crippen LogP contribution < -0.4 is 14.8 Å². The summed E-state index contributed by atoms with van der Waals surface area (Å²) in [6.07, 6.45) is 0. The fourth-order valence-electron chi connectivity index (χ4n) is 2.55. The van der Waals surface area contributed by atoms with Crippen LogP contribution in [0.4, 0.5) is 0 Å². The van der Waals surface area contributed by atoms with Crippen molar-refractivity contribution in [3.05, 3.63) is 40.8 Å². The topological polar surface area (TPSA) is 59.8 Å². The first-order valence-electron chi connectivity index (χ1n) is 9.04. The van der Waals surface area contributed by atoms with Crippen molar-refractivity contribution in [1.82, 2.24) is 15.4 Å². The third-order valence-electron chi connectivity index (χ3n) is 4.63. The summed E-state index contributed by atoms with van der Waals surface area (Å²) >= 11 is 0. The molecule has 0 fully saturated rings. The van der Waals surface area contributed by atoms with Crippen molar-refractivity contribution in [2.45, 2.75) is 46.9 Å². The van der Waals surface area contributed by atoms with E-state index in [9.17, 15) is 0 Å². The van der Waals surface area contributed by atoms with Crippen molar-refractivity contribution in [3.63, 3.8) is 0 Å². The number of benzene rings is 1. The molecule has 0 aliphatic heterocycles. The Morgan fingerprint density at radius 2 is 2.00 bits per heavy atom. The average Bonchev–Trinajstić information content (AvgIpc) is 2.95. The molecule has 0 saturated carbocycles. The van der Waals surface area contributed by atoms with Crippen LogP contribution in [0.3, 0.4) is 0 Å². The van der Waals surface area contributed by atoms with Gasteiger partial charge >= 0.3 is 0 Å². The summed E-state index contributed by atoms with van der Waals surface area (Å²) in [5.41, 5.74) is 3.00. The number of aromatic nitrogens is 1. The van der Waals surface area contributed by atoms with E-state index in [1.165, 1.54) is 5.56 Å². The lowest BCUT2D eigenvalue weighted by Gasteiger charge is -2.21. The molecule has 1 N–H and O–H groups in total. The Morgan fingerprint density at radius 1 is 1.23 bits per heavy atom. The number of ether oxygens (including phenoxy) is 2. The van der Waals surface area contributed by atoms with Crippen molar-refractivity contribution in [1.29, 1.82) is 0 Å². The monoisotopic (exact) mass is 361 g/mol. The SMILES string of the molecule is COc1cc(CNCCN(C)C(C)C)ccc1OCc1c(C)noc1C. The predicted molar refractivity (Wildman–Crippen MR) is 103 cm³/mol. The van der Waals surface area contributed by atoms with E-state index in [1.54, 1.807) is 7.11 Å². The third-order valence-corrected chi connectivity index (χ3v) is 4.63. The molecule has 2 rings (SSSR count). The Morgan fingerprint density at radius 3 is 2.62 bits per heavy atom. The highest BCUT2D eigenvalue weighted by Crippen LogP contribution is 2.29. The van der Waals surface area contributed by atoms with Crippen molar-refractivity contribution >= 4 is 0 Å². The number of hydrogen-bond donors (Lipinski definition) is 1. The van der Waals surface area contributed by atoms with Crippen LogP contribution in [0.25, 0.3) is 0 Å². The highest BCUT2D eigenvalue weighted by atomic mass is 16.5. The van der Waals surface area contributed by atoms with E-state index in [4.69, 9.17) is 14.0 Å². The second kappa shape index (κ2) is 9.59. The van der Waals surface area contributed by atoms with Crippen LogP contribution in [-0.4, -0.2) is 43.3 Å². The van der Waals surface area contributed by atoms with E-state index in [-0.39, 0.29) is 0 Å². The summed E-state index contributed by atoms with van der Waals surface area (Å²) in [5.74, 6) is 2.24. The molecule has 0 unspecified atom stereocenters. The van der Waals surface area contributed by atoms with Gasteiger partial charge in [0.05, 0.1) is 18.4 Å². The molecule has 6 heteroatoms.